The third-order valence-corrected chi connectivity index (χ3v) is 5.83. The largest absolute Gasteiger partial charge is 0.490 e. The molecule has 1 saturated carbocycles. The minimum absolute atomic E-state index is 0.119. The van der Waals surface area contributed by atoms with Gasteiger partial charge in [-0.2, -0.15) is 13.2 Å². The van der Waals surface area contributed by atoms with Crippen molar-refractivity contribution in [1.29, 1.82) is 0 Å². The van der Waals surface area contributed by atoms with Crippen LogP contribution in [-0.2, 0) is 6.18 Å². The number of carbonyl (C=O) groups is 1. The van der Waals surface area contributed by atoms with Crippen LogP contribution in [0, 0.1) is 11.3 Å². The number of aldehydes is 1. The molecule has 156 valence electrons. The van der Waals surface area contributed by atoms with Crippen molar-refractivity contribution in [1.82, 2.24) is 0 Å². The van der Waals surface area contributed by atoms with E-state index in [0.29, 0.717) is 28.9 Å². The van der Waals surface area contributed by atoms with Crippen molar-refractivity contribution >= 4 is 6.29 Å². The molecule has 0 spiro atoms. The van der Waals surface area contributed by atoms with Crippen LogP contribution in [0.1, 0.15) is 62.4 Å². The lowest BCUT2D eigenvalue weighted by Crippen LogP contribution is -2.30. The standard InChI is InChI=1S/C24H27F3O2/c1-23(2,3)19-8-10-20(11-9-19)29-22-12-7-18(14-21(22)24(25,26)27)17-6-4-5-16(13-17)15-28/h4-7,12-15,19-20H,8-11H2,1-3H3. The number of alkyl halides is 3. The molecular formula is C24H27F3O2. The molecule has 1 fully saturated rings. The van der Waals surface area contributed by atoms with E-state index < -0.39 is 11.7 Å². The first kappa shape index (κ1) is 21.4. The molecule has 29 heavy (non-hydrogen) atoms. The monoisotopic (exact) mass is 404 g/mol. The van der Waals surface area contributed by atoms with E-state index in [1.165, 1.54) is 6.07 Å². The lowest BCUT2D eigenvalue weighted by Gasteiger charge is -2.37. The molecule has 0 amide bonds. The zero-order valence-corrected chi connectivity index (χ0v) is 17.1. The topological polar surface area (TPSA) is 26.3 Å². The van der Waals surface area contributed by atoms with Gasteiger partial charge in [-0.1, -0.05) is 45.0 Å². The van der Waals surface area contributed by atoms with Gasteiger partial charge < -0.3 is 4.74 Å². The molecule has 0 radical (unpaired) electrons. The van der Waals surface area contributed by atoms with E-state index in [4.69, 9.17) is 4.74 Å². The molecule has 0 heterocycles. The maximum atomic E-state index is 13.7. The summed E-state index contributed by atoms with van der Waals surface area (Å²) in [5.41, 5.74) is 0.832. The van der Waals surface area contributed by atoms with Crippen molar-refractivity contribution in [2.24, 2.45) is 11.3 Å². The predicted octanol–water partition coefficient (Wildman–Crippen LogP) is 7.17. The first-order valence-electron chi connectivity index (χ1n) is 10.0. The summed E-state index contributed by atoms with van der Waals surface area (Å²) in [5.74, 6) is 0.448. The summed E-state index contributed by atoms with van der Waals surface area (Å²) in [7, 11) is 0. The van der Waals surface area contributed by atoms with Crippen LogP contribution in [0.5, 0.6) is 5.75 Å². The van der Waals surface area contributed by atoms with Crippen LogP contribution in [0.2, 0.25) is 0 Å². The summed E-state index contributed by atoms with van der Waals surface area (Å²) in [6, 6.07) is 10.7. The lowest BCUT2D eigenvalue weighted by atomic mass is 9.72. The van der Waals surface area contributed by atoms with Crippen LogP contribution in [-0.4, -0.2) is 12.4 Å². The predicted molar refractivity (Wildman–Crippen MR) is 108 cm³/mol. The number of benzene rings is 2. The number of hydrogen-bond acceptors (Lipinski definition) is 2. The molecule has 2 nitrogen and oxygen atoms in total. The van der Waals surface area contributed by atoms with E-state index in [2.05, 4.69) is 20.8 Å². The molecule has 1 aliphatic rings. The smallest absolute Gasteiger partial charge is 0.419 e. The van der Waals surface area contributed by atoms with Crippen molar-refractivity contribution in [2.45, 2.75) is 58.7 Å². The van der Waals surface area contributed by atoms with Gasteiger partial charge in [0.2, 0.25) is 0 Å². The molecule has 3 rings (SSSR count). The van der Waals surface area contributed by atoms with Crippen LogP contribution in [0.15, 0.2) is 42.5 Å². The molecule has 0 aromatic heterocycles. The average molecular weight is 404 g/mol. The Bertz CT molecular complexity index is 857. The molecule has 2 aromatic carbocycles. The van der Waals surface area contributed by atoms with Crippen LogP contribution in [0.4, 0.5) is 13.2 Å². The second kappa shape index (κ2) is 8.21. The molecule has 0 bridgehead atoms. The van der Waals surface area contributed by atoms with Gasteiger partial charge in [0.15, 0.2) is 0 Å². The van der Waals surface area contributed by atoms with E-state index in [1.807, 2.05) is 0 Å². The second-order valence-corrected chi connectivity index (χ2v) is 8.91. The summed E-state index contributed by atoms with van der Waals surface area (Å²) in [5, 5.41) is 0. The SMILES string of the molecule is CC(C)(C)C1CCC(Oc2ccc(-c3cccc(C=O)c3)cc2C(F)(F)F)CC1. The van der Waals surface area contributed by atoms with E-state index in [9.17, 15) is 18.0 Å². The number of hydrogen-bond donors (Lipinski definition) is 0. The number of carbonyl (C=O) groups excluding carboxylic acids is 1. The summed E-state index contributed by atoms with van der Waals surface area (Å²) >= 11 is 0. The fraction of sp³-hybridized carbons (Fsp3) is 0.458. The van der Waals surface area contributed by atoms with Crippen molar-refractivity contribution < 1.29 is 22.7 Å². The van der Waals surface area contributed by atoms with Crippen molar-refractivity contribution in [3.05, 3.63) is 53.6 Å². The van der Waals surface area contributed by atoms with Gasteiger partial charge in [0, 0.05) is 5.56 Å². The van der Waals surface area contributed by atoms with Gasteiger partial charge in [-0.05, 0) is 66.3 Å². The molecule has 0 N–H and O–H groups in total. The second-order valence-electron chi connectivity index (χ2n) is 8.91. The molecule has 0 saturated heterocycles. The molecule has 0 aliphatic heterocycles. The highest BCUT2D eigenvalue weighted by atomic mass is 19.4. The van der Waals surface area contributed by atoms with Crippen LogP contribution in [0.25, 0.3) is 11.1 Å². The van der Waals surface area contributed by atoms with Crippen LogP contribution < -0.4 is 4.74 Å². The third-order valence-electron chi connectivity index (χ3n) is 5.83. The minimum atomic E-state index is -4.52. The first-order valence-corrected chi connectivity index (χ1v) is 10.0. The zero-order valence-electron chi connectivity index (χ0n) is 17.1. The van der Waals surface area contributed by atoms with Crippen molar-refractivity contribution in [2.75, 3.05) is 0 Å². The van der Waals surface area contributed by atoms with E-state index in [0.717, 1.165) is 31.7 Å². The van der Waals surface area contributed by atoms with Gasteiger partial charge in [-0.15, -0.1) is 0 Å². The Morgan fingerprint density at radius 1 is 0.931 bits per heavy atom. The Morgan fingerprint density at radius 3 is 2.17 bits per heavy atom. The van der Waals surface area contributed by atoms with Crippen molar-refractivity contribution in [3.8, 4) is 16.9 Å². The van der Waals surface area contributed by atoms with Gasteiger partial charge in [0.05, 0.1) is 11.7 Å². The van der Waals surface area contributed by atoms with Gasteiger partial charge in [-0.25, -0.2) is 0 Å². The fourth-order valence-electron chi connectivity index (χ4n) is 4.05. The van der Waals surface area contributed by atoms with Gasteiger partial charge in [0.25, 0.3) is 0 Å². The Balaban J connectivity index is 1.83. The summed E-state index contributed by atoms with van der Waals surface area (Å²) in [6.45, 7) is 6.62. The molecule has 0 atom stereocenters. The highest BCUT2D eigenvalue weighted by Crippen LogP contribution is 2.42. The summed E-state index contributed by atoms with van der Waals surface area (Å²) in [4.78, 5) is 11.0. The molecule has 0 unspecified atom stereocenters. The van der Waals surface area contributed by atoms with Crippen molar-refractivity contribution in [3.63, 3.8) is 0 Å². The third kappa shape index (κ3) is 5.20. The molecule has 1 aliphatic carbocycles. The Morgan fingerprint density at radius 2 is 1.59 bits per heavy atom. The van der Waals surface area contributed by atoms with Gasteiger partial charge in [0.1, 0.15) is 12.0 Å². The Kier molecular flexibility index (Phi) is 6.06. The fourth-order valence-corrected chi connectivity index (χ4v) is 4.05. The van der Waals surface area contributed by atoms with Gasteiger partial charge >= 0.3 is 6.18 Å². The number of rotatable bonds is 4. The van der Waals surface area contributed by atoms with Crippen LogP contribution >= 0.6 is 0 Å². The molecular weight excluding hydrogens is 377 g/mol. The molecule has 2 aromatic rings. The van der Waals surface area contributed by atoms with Gasteiger partial charge in [-0.3, -0.25) is 4.79 Å². The quantitative estimate of drug-likeness (QED) is 0.505. The highest BCUT2D eigenvalue weighted by Gasteiger charge is 2.36. The van der Waals surface area contributed by atoms with E-state index >= 15 is 0 Å². The lowest BCUT2D eigenvalue weighted by molar-refractivity contribution is -0.139. The van der Waals surface area contributed by atoms with E-state index in [1.54, 1.807) is 30.3 Å². The highest BCUT2D eigenvalue weighted by molar-refractivity contribution is 5.79. The average Bonchev–Trinajstić information content (AvgIpc) is 2.67. The molecule has 5 heteroatoms. The number of ether oxygens (including phenoxy) is 1. The maximum absolute atomic E-state index is 13.7. The van der Waals surface area contributed by atoms with Crippen LogP contribution in [0.3, 0.4) is 0 Å². The minimum Gasteiger partial charge on any atom is -0.490 e. The summed E-state index contributed by atoms with van der Waals surface area (Å²) < 4.78 is 47.0. The normalized spacial score (nSPS) is 20.3. The maximum Gasteiger partial charge on any atom is 0.419 e. The Labute approximate surface area is 170 Å². The zero-order chi connectivity index (χ0) is 21.2. The Hall–Kier alpha value is -2.30. The number of halogens is 3. The summed E-state index contributed by atoms with van der Waals surface area (Å²) in [6.07, 6.45) is -0.572. The first-order chi connectivity index (χ1) is 13.6. The van der Waals surface area contributed by atoms with E-state index in [-0.39, 0.29) is 17.3 Å².